The molecule has 0 saturated carbocycles. The van der Waals surface area contributed by atoms with Gasteiger partial charge in [0.05, 0.1) is 71.0 Å². The summed E-state index contributed by atoms with van der Waals surface area (Å²) < 4.78 is 168. The standard InChI is InChI=1S/C29H33ClF2N3O7P.C24H22ClF2N3O4.C12H13ClF2N2O.C12H11NO4.C12H19O6PS.ClH/c1-4-41-43(39,42-5-2)17-40-21-9-10-25-22(12-21)23(18(3)36)15-34(25)16-27(37)35-14-20(31)11-26(35)29(38)33-13-19-7-6-8-24(30)28(19)32;1-13(31)18-11-29(20-6-5-16(32)8-17(18)20)12-22(33)30-10-15(26)7-21(30)24(34)28-9-14-3-2-4-19(25)23(14)27;13-9-3-1-2-7(11(9)15)5-17-12(18)10-4-8(14)6-16-10;1-7(14)10-5-13(6-12(16)17)11-4-8(15)2-3-9(10)11;1-4-16-19(13,17-5-2)10-18-20(14,15)12-8-6-11(3)7-9-12;/h6-10,12,15,20,26H,4-5,11,13-14,16-17H2,1-3H3,(H,33,38);2-6,8,11,15,21,32H,7,9-10,12H2,1H3,(H,28,34);1-3,8,10,16H,4-6H2,(H,17,18);2-5,15H,6H2,1H3,(H,16,17);6-9H,4-5,10H2,1-3H3;1H/t20-,26+;15-,21+;8-,10+;;;/m111.../s1. The van der Waals surface area contributed by atoms with Gasteiger partial charge >= 0.3 is 21.2 Å². The third-order valence-corrected chi connectivity index (χ3v) is 26.4. The molecule has 0 spiro atoms. The van der Waals surface area contributed by atoms with Gasteiger partial charge in [0, 0.05) is 131 Å². The first-order chi connectivity index (χ1) is 62.5. The number of hydrogen-bond acceptors (Lipinski definition) is 22. The Kier molecular flexibility index (Phi) is 39.6. The van der Waals surface area contributed by atoms with Crippen molar-refractivity contribution in [2.75, 3.05) is 58.8 Å². The summed E-state index contributed by atoms with van der Waals surface area (Å²) in [6, 6.07) is 30.7. The summed E-state index contributed by atoms with van der Waals surface area (Å²) in [7, 11) is -11.0. The van der Waals surface area contributed by atoms with Crippen LogP contribution in [0.2, 0.25) is 15.1 Å². The lowest BCUT2D eigenvalue weighted by Crippen LogP contribution is -2.46. The lowest BCUT2D eigenvalue weighted by molar-refractivity contribution is -0.139. The summed E-state index contributed by atoms with van der Waals surface area (Å²) in [5, 5.41) is 39.9. The summed E-state index contributed by atoms with van der Waals surface area (Å²) >= 11 is 17.2. The zero-order valence-corrected chi connectivity index (χ0v) is 78.8. The van der Waals surface area contributed by atoms with Gasteiger partial charge in [-0.3, -0.25) is 56.5 Å². The Balaban J connectivity index is 0.000000215. The van der Waals surface area contributed by atoms with E-state index in [-0.39, 0.29) is 189 Å². The van der Waals surface area contributed by atoms with Crippen LogP contribution < -0.4 is 26.0 Å². The van der Waals surface area contributed by atoms with E-state index in [2.05, 4.69) is 21.3 Å². The Hall–Kier alpha value is -10.7. The molecule has 5 amide bonds. The highest BCUT2D eigenvalue weighted by Gasteiger charge is 2.42. The fourth-order valence-corrected chi connectivity index (χ4v) is 18.9. The zero-order chi connectivity index (χ0) is 96.8. The van der Waals surface area contributed by atoms with Crippen LogP contribution >= 0.6 is 62.4 Å². The van der Waals surface area contributed by atoms with Gasteiger partial charge in [-0.25, -0.2) is 26.3 Å². The van der Waals surface area contributed by atoms with Crippen LogP contribution in [0.15, 0.2) is 157 Å². The number of hydrogen-bond donors (Lipinski definition) is 7. The molecule has 718 valence electrons. The average Bonchev–Trinajstić information content (AvgIpc) is 1.63. The lowest BCUT2D eigenvalue weighted by Gasteiger charge is -2.24. The van der Waals surface area contributed by atoms with Crippen molar-refractivity contribution in [3.8, 4) is 17.2 Å². The van der Waals surface area contributed by atoms with Gasteiger partial charge in [0.25, 0.3) is 10.1 Å². The number of nitrogens with one attached hydrogen (secondary N) is 4. The van der Waals surface area contributed by atoms with Crippen LogP contribution in [0.4, 0.5) is 26.3 Å². The molecule has 7 aromatic carbocycles. The van der Waals surface area contributed by atoms with E-state index in [1.165, 1.54) is 115 Å². The van der Waals surface area contributed by atoms with Gasteiger partial charge in [0.2, 0.25) is 29.5 Å². The number of aromatic hydroxyl groups is 2. The fourth-order valence-electron chi connectivity index (χ4n) is 14.3. The van der Waals surface area contributed by atoms with Crippen LogP contribution in [0, 0.1) is 24.4 Å². The van der Waals surface area contributed by atoms with Gasteiger partial charge in [-0.05, 0) is 134 Å². The minimum atomic E-state index is -3.98. The topological polar surface area (TPSA) is 407 Å². The van der Waals surface area contributed by atoms with E-state index in [0.717, 1.165) is 15.4 Å². The summed E-state index contributed by atoms with van der Waals surface area (Å²) in [6.07, 6.45) is -0.455. The van der Waals surface area contributed by atoms with Crippen LogP contribution in [0.3, 0.4) is 0 Å². The van der Waals surface area contributed by atoms with E-state index in [4.69, 9.17) is 66.9 Å². The van der Waals surface area contributed by atoms with Gasteiger partial charge in [0.15, 0.2) is 30.0 Å². The Morgan fingerprint density at radius 3 is 1.32 bits per heavy atom. The van der Waals surface area contributed by atoms with Gasteiger partial charge in [-0.2, -0.15) is 8.42 Å². The van der Waals surface area contributed by atoms with Crippen molar-refractivity contribution < 1.29 is 129 Å². The highest BCUT2D eigenvalue weighted by Crippen LogP contribution is 2.50. The van der Waals surface area contributed by atoms with Crippen molar-refractivity contribution in [1.29, 1.82) is 0 Å². The van der Waals surface area contributed by atoms with E-state index >= 15 is 0 Å². The van der Waals surface area contributed by atoms with Crippen LogP contribution in [-0.2, 0) is 110 Å². The number of fused-ring (bicyclic) bond motifs is 3. The highest BCUT2D eigenvalue weighted by atomic mass is 35.5. The monoisotopic (exact) mass is 1990 g/mol. The predicted octanol–water partition coefficient (Wildman–Crippen LogP) is 15.9. The number of rotatable bonds is 33. The predicted molar refractivity (Wildman–Crippen MR) is 487 cm³/mol. The first-order valence-corrected chi connectivity index (χ1v) is 47.2. The number of nitrogens with zero attached hydrogens (tertiary/aromatic N) is 5. The molecule has 0 aliphatic carbocycles. The number of amides is 5. The van der Waals surface area contributed by atoms with E-state index in [0.29, 0.717) is 60.7 Å². The molecule has 6 heterocycles. The second-order valence-electron chi connectivity index (χ2n) is 30.2. The minimum absolute atomic E-state index is 0. The third-order valence-electron chi connectivity index (χ3n) is 20.6. The summed E-state index contributed by atoms with van der Waals surface area (Å²) in [5.74, 6) is -5.75. The molecule has 44 heteroatoms. The Labute approximate surface area is 782 Å². The Morgan fingerprint density at radius 1 is 0.496 bits per heavy atom. The number of aryl methyl sites for hydroxylation is 1. The van der Waals surface area contributed by atoms with E-state index in [9.17, 15) is 97.3 Å². The zero-order valence-electron chi connectivity index (χ0n) is 73.1. The van der Waals surface area contributed by atoms with Crippen LogP contribution in [0.1, 0.15) is 121 Å². The average molecular weight is 2000 g/mol. The Bertz CT molecular complexity index is 6100. The Morgan fingerprint density at radius 2 is 0.895 bits per heavy atom. The number of carboxylic acid groups (broad SMARTS) is 1. The number of alkyl halides is 3. The third kappa shape index (κ3) is 29.2. The second-order valence-corrected chi connectivity index (χ2v) is 37.0. The second kappa shape index (κ2) is 49.0. The maximum atomic E-state index is 14.5. The first kappa shape index (κ1) is 108. The normalized spacial score (nSPS) is 16.4. The molecule has 3 saturated heterocycles. The molecule has 6 atom stereocenters. The van der Waals surface area contributed by atoms with Crippen molar-refractivity contribution in [3.63, 3.8) is 0 Å². The van der Waals surface area contributed by atoms with Crippen molar-refractivity contribution in [1.82, 2.24) is 44.8 Å². The number of carboxylic acids is 1. The minimum Gasteiger partial charge on any atom is -0.508 e. The maximum absolute atomic E-state index is 14.5. The van der Waals surface area contributed by atoms with E-state index in [1.807, 2.05) is 6.92 Å². The lowest BCUT2D eigenvalue weighted by atomic mass is 10.1. The van der Waals surface area contributed by atoms with Crippen molar-refractivity contribution in [2.24, 2.45) is 0 Å². The van der Waals surface area contributed by atoms with Crippen molar-refractivity contribution >= 4 is 158 Å². The molecule has 133 heavy (non-hydrogen) atoms. The summed E-state index contributed by atoms with van der Waals surface area (Å²) in [6.45, 7) is 11.9. The number of phenolic OH excluding ortho intramolecular Hbond substituents is 2. The van der Waals surface area contributed by atoms with E-state index < -0.39 is 115 Å². The summed E-state index contributed by atoms with van der Waals surface area (Å²) in [4.78, 5) is 113. The smallest absolute Gasteiger partial charge is 0.367 e. The number of phenols is 2. The number of aliphatic carboxylic acids is 1. The molecular weight excluding hydrogens is 1900 g/mol. The van der Waals surface area contributed by atoms with Crippen molar-refractivity contribution in [3.05, 3.63) is 224 Å². The van der Waals surface area contributed by atoms with E-state index in [1.54, 1.807) is 99.0 Å². The number of benzene rings is 7. The van der Waals surface area contributed by atoms with Gasteiger partial charge in [-0.15, -0.1) is 12.4 Å². The number of likely N-dealkylation sites (tertiary alicyclic amines) is 2. The number of carbonyl (C=O) groups is 9. The van der Waals surface area contributed by atoms with Gasteiger partial charge < -0.3 is 82.9 Å². The molecule has 0 bridgehead atoms. The van der Waals surface area contributed by atoms with Crippen molar-refractivity contribution in [2.45, 2.75) is 155 Å². The molecule has 10 aromatic rings. The molecule has 31 nitrogen and oxygen atoms in total. The van der Waals surface area contributed by atoms with Gasteiger partial charge in [-0.1, -0.05) is 88.9 Å². The number of ketones is 3. The fraction of sp³-hybridized carbons (Fsp3) is 0.360. The largest absolute Gasteiger partial charge is 0.508 e. The highest BCUT2D eigenvalue weighted by molar-refractivity contribution is 7.87. The molecule has 0 radical (unpaired) electrons. The number of aromatic nitrogens is 3. The van der Waals surface area contributed by atoms with Crippen LogP contribution in [0.25, 0.3) is 32.7 Å². The molecule has 3 aromatic heterocycles. The molecule has 7 N–H and O–H groups in total. The molecule has 0 unspecified atom stereocenters. The SMILES string of the molecule is CC(=O)c1cn(CC(=O)N2C[C@H](F)C[C@H]2C(=O)NCc2cccc(Cl)c2F)c2ccc(O)cc12.CC(=O)c1cn(CC(=O)O)c2cc(O)ccc12.CCOP(=O)(COS(=O)(=O)c1ccc(C)cc1)OCC.CCOP(=O)(COc1ccc2c(c1)c(C(C)=O)cn2CC(=O)N1C[C@H](F)C[C@H]1C(=O)NCc1cccc(Cl)c1F)OCC.Cl.O=C(NCc1cccc(Cl)c1F)[C@@H]1C[C@@H](F)CN1. The maximum Gasteiger partial charge on any atom is 0.367 e. The molecule has 13 rings (SSSR count). The first-order valence-electron chi connectivity index (χ1n) is 41.2. The number of ether oxygens (including phenoxy) is 1. The number of Topliss-reactive ketones (excluding diaryl/α,β-unsaturated/α-hetero) is 3. The van der Waals surface area contributed by atoms with Crippen LogP contribution in [0.5, 0.6) is 17.2 Å². The van der Waals surface area contributed by atoms with Crippen LogP contribution in [-0.4, -0.2) is 195 Å². The quantitative estimate of drug-likeness (QED) is 0.00869. The number of halogens is 10. The molecule has 3 fully saturated rings. The van der Waals surface area contributed by atoms with Gasteiger partial charge in [0.1, 0.15) is 84.9 Å². The number of carbonyl (C=O) groups excluding carboxylic acids is 8. The molecule has 3 aliphatic rings. The summed E-state index contributed by atoms with van der Waals surface area (Å²) in [5.41, 5.74) is 4.29. The molecular formula is C89H99Cl4F6N9O22P2S. The molecule has 3 aliphatic heterocycles.